The molecule has 0 radical (unpaired) electrons. The van der Waals surface area contributed by atoms with Crippen molar-refractivity contribution in [3.63, 3.8) is 0 Å². The summed E-state index contributed by atoms with van der Waals surface area (Å²) in [4.78, 5) is 51.0. The first kappa shape index (κ1) is 29.9. The van der Waals surface area contributed by atoms with Gasteiger partial charge in [-0.1, -0.05) is 35.3 Å². The third-order valence-corrected chi connectivity index (χ3v) is 6.84. The number of hydrogen-bond acceptors (Lipinski definition) is 7. The maximum atomic E-state index is 13.3. The standard InChI is InChI=1S/C28H22Cl2FN3O6S/c1-2-39-23-10-16(6-9-22(23)40-15-26(36)33-18-5-3-4-17(29)12-18)11-24-27(37)34(28(38)41-24)14-25(35)32-19-7-8-21(31)20(30)13-19/h3-13H,2,14-15H2,1H3,(H,32,35)(H,33,36)/b24-11+. The molecule has 4 rings (SSSR count). The summed E-state index contributed by atoms with van der Waals surface area (Å²) in [5.41, 5.74) is 1.27. The highest BCUT2D eigenvalue weighted by Gasteiger charge is 2.36. The van der Waals surface area contributed by atoms with Gasteiger partial charge >= 0.3 is 0 Å². The van der Waals surface area contributed by atoms with Gasteiger partial charge in [-0.2, -0.15) is 0 Å². The second-order valence-electron chi connectivity index (χ2n) is 8.43. The number of thioether (sulfide) groups is 1. The molecule has 0 aliphatic carbocycles. The second kappa shape index (κ2) is 13.5. The van der Waals surface area contributed by atoms with Gasteiger partial charge in [-0.05, 0) is 78.9 Å². The number of hydrogen-bond donors (Lipinski definition) is 2. The number of amides is 4. The minimum atomic E-state index is -0.657. The van der Waals surface area contributed by atoms with Crippen LogP contribution in [0.5, 0.6) is 11.5 Å². The van der Waals surface area contributed by atoms with Gasteiger partial charge in [-0.3, -0.25) is 24.1 Å². The number of ether oxygens (including phenoxy) is 2. The Hall–Kier alpha value is -4.06. The summed E-state index contributed by atoms with van der Waals surface area (Å²) in [6.07, 6.45) is 1.49. The van der Waals surface area contributed by atoms with Crippen LogP contribution < -0.4 is 20.1 Å². The van der Waals surface area contributed by atoms with Crippen LogP contribution in [0.1, 0.15) is 12.5 Å². The molecule has 1 aliphatic rings. The number of anilines is 2. The average Bonchev–Trinajstić information content (AvgIpc) is 3.17. The van der Waals surface area contributed by atoms with Crippen molar-refractivity contribution < 1.29 is 33.0 Å². The number of rotatable bonds is 10. The van der Waals surface area contributed by atoms with Crippen molar-refractivity contribution in [1.29, 1.82) is 0 Å². The van der Waals surface area contributed by atoms with E-state index >= 15 is 0 Å². The van der Waals surface area contributed by atoms with Gasteiger partial charge in [0.05, 0.1) is 16.5 Å². The van der Waals surface area contributed by atoms with Crippen molar-refractivity contribution in [1.82, 2.24) is 4.90 Å². The summed E-state index contributed by atoms with van der Waals surface area (Å²) >= 11 is 12.3. The summed E-state index contributed by atoms with van der Waals surface area (Å²) in [5, 5.41) is 4.84. The summed E-state index contributed by atoms with van der Waals surface area (Å²) in [7, 11) is 0. The lowest BCUT2D eigenvalue weighted by atomic mass is 10.2. The molecule has 9 nitrogen and oxygen atoms in total. The Morgan fingerprint density at radius 1 is 0.951 bits per heavy atom. The van der Waals surface area contributed by atoms with Crippen LogP contribution in [-0.4, -0.2) is 47.6 Å². The monoisotopic (exact) mass is 617 g/mol. The molecule has 0 bridgehead atoms. The third-order valence-electron chi connectivity index (χ3n) is 5.41. The van der Waals surface area contributed by atoms with E-state index in [0.717, 1.165) is 11.0 Å². The predicted octanol–water partition coefficient (Wildman–Crippen LogP) is 6.22. The second-order valence-corrected chi connectivity index (χ2v) is 10.3. The Labute approximate surface area is 248 Å². The van der Waals surface area contributed by atoms with Gasteiger partial charge in [0.1, 0.15) is 12.4 Å². The summed E-state index contributed by atoms with van der Waals surface area (Å²) < 4.78 is 24.6. The lowest BCUT2D eigenvalue weighted by Crippen LogP contribution is -2.36. The molecule has 3 aromatic carbocycles. The van der Waals surface area contributed by atoms with E-state index in [4.69, 9.17) is 32.7 Å². The fourth-order valence-corrected chi connectivity index (χ4v) is 4.82. The molecule has 1 fully saturated rings. The van der Waals surface area contributed by atoms with E-state index in [1.807, 2.05) is 0 Å². The number of halogens is 3. The zero-order valence-electron chi connectivity index (χ0n) is 21.4. The van der Waals surface area contributed by atoms with Crippen LogP contribution in [0.2, 0.25) is 10.0 Å². The van der Waals surface area contributed by atoms with Crippen molar-refractivity contribution in [2.75, 3.05) is 30.4 Å². The van der Waals surface area contributed by atoms with Crippen LogP contribution in [0.25, 0.3) is 6.08 Å². The number of nitrogens with one attached hydrogen (secondary N) is 2. The summed E-state index contributed by atoms with van der Waals surface area (Å²) in [6, 6.07) is 15.1. The predicted molar refractivity (Wildman–Crippen MR) is 156 cm³/mol. The molecule has 0 saturated carbocycles. The molecule has 13 heteroatoms. The molecule has 0 unspecified atom stereocenters. The molecule has 0 aromatic heterocycles. The van der Waals surface area contributed by atoms with E-state index < -0.39 is 35.3 Å². The molecule has 1 saturated heterocycles. The Balaban J connectivity index is 1.40. The van der Waals surface area contributed by atoms with Crippen molar-refractivity contribution in [2.24, 2.45) is 0 Å². The SMILES string of the molecule is CCOc1cc(/C=C2/SC(=O)N(CC(=O)Nc3ccc(F)c(Cl)c3)C2=O)ccc1OCC(=O)Nc1cccc(Cl)c1. The highest BCUT2D eigenvalue weighted by molar-refractivity contribution is 8.18. The van der Waals surface area contributed by atoms with Crippen LogP contribution in [0.3, 0.4) is 0 Å². The first-order chi connectivity index (χ1) is 19.6. The fraction of sp³-hybridized carbons (Fsp3) is 0.143. The van der Waals surface area contributed by atoms with Gasteiger partial charge in [0.2, 0.25) is 5.91 Å². The largest absolute Gasteiger partial charge is 0.490 e. The van der Waals surface area contributed by atoms with Crippen LogP contribution in [-0.2, 0) is 14.4 Å². The molecular formula is C28H22Cl2FN3O6S. The van der Waals surface area contributed by atoms with Crippen molar-refractivity contribution in [3.05, 3.63) is 87.0 Å². The van der Waals surface area contributed by atoms with Crippen molar-refractivity contribution in [3.8, 4) is 11.5 Å². The lowest BCUT2D eigenvalue weighted by molar-refractivity contribution is -0.127. The van der Waals surface area contributed by atoms with Gasteiger partial charge in [0.25, 0.3) is 17.1 Å². The van der Waals surface area contributed by atoms with Crippen molar-refractivity contribution >= 4 is 75.4 Å². The third kappa shape index (κ3) is 8.00. The highest BCUT2D eigenvalue weighted by atomic mass is 35.5. The molecule has 4 amide bonds. The number of imide groups is 1. The van der Waals surface area contributed by atoms with Gasteiger partial charge < -0.3 is 20.1 Å². The van der Waals surface area contributed by atoms with E-state index in [1.165, 1.54) is 18.2 Å². The molecule has 212 valence electrons. The smallest absolute Gasteiger partial charge is 0.294 e. The summed E-state index contributed by atoms with van der Waals surface area (Å²) in [5.74, 6) is -1.73. The molecule has 41 heavy (non-hydrogen) atoms. The molecular weight excluding hydrogens is 596 g/mol. The van der Waals surface area contributed by atoms with E-state index in [0.29, 0.717) is 46.1 Å². The van der Waals surface area contributed by atoms with E-state index in [-0.39, 0.29) is 22.2 Å². The maximum Gasteiger partial charge on any atom is 0.294 e. The van der Waals surface area contributed by atoms with Gasteiger partial charge in [0, 0.05) is 16.4 Å². The summed E-state index contributed by atoms with van der Waals surface area (Å²) in [6.45, 7) is 1.25. The molecule has 2 N–H and O–H groups in total. The average molecular weight is 618 g/mol. The fourth-order valence-electron chi connectivity index (χ4n) is 3.61. The van der Waals surface area contributed by atoms with Crippen molar-refractivity contribution in [2.45, 2.75) is 6.92 Å². The Morgan fingerprint density at radius 2 is 1.71 bits per heavy atom. The minimum absolute atomic E-state index is 0.102. The maximum absolute atomic E-state index is 13.3. The van der Waals surface area contributed by atoms with Crippen LogP contribution in [0.4, 0.5) is 20.6 Å². The minimum Gasteiger partial charge on any atom is -0.490 e. The van der Waals surface area contributed by atoms with Crippen LogP contribution in [0, 0.1) is 5.82 Å². The Kier molecular flexibility index (Phi) is 9.87. The first-order valence-electron chi connectivity index (χ1n) is 12.1. The zero-order chi connectivity index (χ0) is 29.5. The van der Waals surface area contributed by atoms with Gasteiger partial charge in [-0.15, -0.1) is 0 Å². The highest BCUT2D eigenvalue weighted by Crippen LogP contribution is 2.35. The van der Waals surface area contributed by atoms with E-state index in [2.05, 4.69) is 10.6 Å². The zero-order valence-corrected chi connectivity index (χ0v) is 23.7. The van der Waals surface area contributed by atoms with Crippen LogP contribution >= 0.6 is 35.0 Å². The normalized spacial score (nSPS) is 13.9. The van der Waals surface area contributed by atoms with Gasteiger partial charge in [0.15, 0.2) is 18.1 Å². The molecule has 1 heterocycles. The molecule has 3 aromatic rings. The first-order valence-corrected chi connectivity index (χ1v) is 13.7. The molecule has 0 atom stereocenters. The Bertz CT molecular complexity index is 1550. The van der Waals surface area contributed by atoms with E-state index in [9.17, 15) is 23.6 Å². The number of nitrogens with zero attached hydrogens (tertiary/aromatic N) is 1. The van der Waals surface area contributed by atoms with Crippen LogP contribution in [0.15, 0.2) is 65.6 Å². The number of carbonyl (C=O) groups excluding carboxylic acids is 4. The molecule has 1 aliphatic heterocycles. The van der Waals surface area contributed by atoms with E-state index in [1.54, 1.807) is 49.4 Å². The number of carbonyl (C=O) groups is 4. The quantitative estimate of drug-likeness (QED) is 0.259. The number of benzene rings is 3. The van der Waals surface area contributed by atoms with Gasteiger partial charge in [-0.25, -0.2) is 4.39 Å². The lowest BCUT2D eigenvalue weighted by Gasteiger charge is -2.13. The topological polar surface area (TPSA) is 114 Å². The molecule has 0 spiro atoms. The Morgan fingerprint density at radius 3 is 2.44 bits per heavy atom.